The third-order valence-electron chi connectivity index (χ3n) is 2.41. The minimum atomic E-state index is -3.31. The van der Waals surface area contributed by atoms with Crippen LogP contribution in [0.15, 0.2) is 30.3 Å². The van der Waals surface area contributed by atoms with Gasteiger partial charge in [0.15, 0.2) is 0 Å². The van der Waals surface area contributed by atoms with E-state index in [-0.39, 0.29) is 18.6 Å². The molecule has 1 rings (SSSR count). The minimum Gasteiger partial charge on any atom is -0.370 e. The highest BCUT2D eigenvalue weighted by Crippen LogP contribution is 1.99. The number of carbonyl (C=O) groups is 1. The summed E-state index contributed by atoms with van der Waals surface area (Å²) in [7, 11) is -3.31. The van der Waals surface area contributed by atoms with Gasteiger partial charge in [-0.2, -0.15) is 0 Å². The van der Waals surface area contributed by atoms with Gasteiger partial charge in [0.05, 0.1) is 5.75 Å². The Balaban J connectivity index is 2.27. The molecule has 0 fully saturated rings. The SMILES string of the molecule is NC(=O)CCCS(=O)(=O)NCCc1ccccc1. The van der Waals surface area contributed by atoms with Crippen molar-refractivity contribution in [1.82, 2.24) is 4.72 Å². The number of hydrogen-bond donors (Lipinski definition) is 2. The quantitative estimate of drug-likeness (QED) is 0.717. The summed E-state index contributed by atoms with van der Waals surface area (Å²) in [4.78, 5) is 10.5. The van der Waals surface area contributed by atoms with Crippen LogP contribution in [0.5, 0.6) is 0 Å². The van der Waals surface area contributed by atoms with Crippen molar-refractivity contribution in [3.05, 3.63) is 35.9 Å². The molecular formula is C12H18N2O3S. The Labute approximate surface area is 107 Å². The summed E-state index contributed by atoms with van der Waals surface area (Å²) in [5.41, 5.74) is 6.02. The summed E-state index contributed by atoms with van der Waals surface area (Å²) < 4.78 is 25.6. The van der Waals surface area contributed by atoms with Crippen molar-refractivity contribution >= 4 is 15.9 Å². The molecule has 0 bridgehead atoms. The maximum absolute atomic E-state index is 11.5. The van der Waals surface area contributed by atoms with E-state index in [4.69, 9.17) is 5.73 Å². The van der Waals surface area contributed by atoms with Gasteiger partial charge in [-0.3, -0.25) is 4.79 Å². The number of carbonyl (C=O) groups excluding carboxylic acids is 1. The molecule has 1 aromatic rings. The van der Waals surface area contributed by atoms with Gasteiger partial charge in [-0.1, -0.05) is 30.3 Å². The Morgan fingerprint density at radius 2 is 1.89 bits per heavy atom. The number of primary amides is 1. The van der Waals surface area contributed by atoms with Crippen LogP contribution in [0.2, 0.25) is 0 Å². The van der Waals surface area contributed by atoms with Crippen molar-refractivity contribution in [2.45, 2.75) is 19.3 Å². The lowest BCUT2D eigenvalue weighted by Gasteiger charge is -2.06. The predicted molar refractivity (Wildman–Crippen MR) is 70.4 cm³/mol. The highest BCUT2D eigenvalue weighted by Gasteiger charge is 2.09. The van der Waals surface area contributed by atoms with Gasteiger partial charge in [-0.25, -0.2) is 13.1 Å². The second-order valence-electron chi connectivity index (χ2n) is 4.02. The molecule has 0 unspecified atom stereocenters. The first-order valence-electron chi connectivity index (χ1n) is 5.79. The maximum atomic E-state index is 11.5. The maximum Gasteiger partial charge on any atom is 0.217 e. The van der Waals surface area contributed by atoms with Crippen LogP contribution in [0.1, 0.15) is 18.4 Å². The van der Waals surface area contributed by atoms with Crippen LogP contribution >= 0.6 is 0 Å². The van der Waals surface area contributed by atoms with Gasteiger partial charge in [-0.15, -0.1) is 0 Å². The molecule has 1 amide bonds. The minimum absolute atomic E-state index is 0.0648. The lowest BCUT2D eigenvalue weighted by molar-refractivity contribution is -0.118. The van der Waals surface area contributed by atoms with Crippen LogP contribution in [0, 0.1) is 0 Å². The van der Waals surface area contributed by atoms with Crippen molar-refractivity contribution in [3.63, 3.8) is 0 Å². The Kier molecular flexibility index (Phi) is 5.80. The number of nitrogens with two attached hydrogens (primary N) is 1. The highest BCUT2D eigenvalue weighted by molar-refractivity contribution is 7.89. The van der Waals surface area contributed by atoms with Gasteiger partial charge in [0.25, 0.3) is 0 Å². The van der Waals surface area contributed by atoms with Gasteiger partial charge in [0.2, 0.25) is 15.9 Å². The average molecular weight is 270 g/mol. The van der Waals surface area contributed by atoms with E-state index in [1.165, 1.54) is 0 Å². The predicted octanol–water partition coefficient (Wildman–Crippen LogP) is 0.414. The van der Waals surface area contributed by atoms with Crippen molar-refractivity contribution in [1.29, 1.82) is 0 Å². The zero-order chi connectivity index (χ0) is 13.4. The van der Waals surface area contributed by atoms with Crippen molar-refractivity contribution in [2.75, 3.05) is 12.3 Å². The summed E-state index contributed by atoms with van der Waals surface area (Å²) in [6.07, 6.45) is 1.01. The molecule has 100 valence electrons. The topological polar surface area (TPSA) is 89.3 Å². The van der Waals surface area contributed by atoms with E-state index in [0.29, 0.717) is 13.0 Å². The molecule has 0 aliphatic rings. The third kappa shape index (κ3) is 6.36. The molecule has 3 N–H and O–H groups in total. The summed E-state index contributed by atoms with van der Waals surface area (Å²) in [6, 6.07) is 9.63. The molecule has 0 atom stereocenters. The normalized spacial score (nSPS) is 11.3. The molecule has 0 spiro atoms. The molecular weight excluding hydrogens is 252 g/mol. The molecule has 6 heteroatoms. The zero-order valence-corrected chi connectivity index (χ0v) is 10.9. The molecule has 5 nitrogen and oxygen atoms in total. The van der Waals surface area contributed by atoms with Gasteiger partial charge >= 0.3 is 0 Å². The largest absolute Gasteiger partial charge is 0.370 e. The van der Waals surface area contributed by atoms with Gasteiger partial charge < -0.3 is 5.73 Å². The van der Waals surface area contributed by atoms with Crippen LogP contribution in [-0.2, 0) is 21.2 Å². The molecule has 0 aromatic heterocycles. The monoisotopic (exact) mass is 270 g/mol. The summed E-state index contributed by atoms with van der Waals surface area (Å²) in [5.74, 6) is -0.542. The molecule has 0 radical (unpaired) electrons. The number of nitrogens with one attached hydrogen (secondary N) is 1. The van der Waals surface area contributed by atoms with Crippen LogP contribution in [0.4, 0.5) is 0 Å². The van der Waals surface area contributed by atoms with Gasteiger partial charge in [0.1, 0.15) is 0 Å². The van der Waals surface area contributed by atoms with E-state index >= 15 is 0 Å². The number of rotatable bonds is 8. The molecule has 18 heavy (non-hydrogen) atoms. The summed E-state index contributed by atoms with van der Waals surface area (Å²) in [5, 5.41) is 0. The van der Waals surface area contributed by atoms with E-state index in [9.17, 15) is 13.2 Å². The van der Waals surface area contributed by atoms with E-state index in [1.54, 1.807) is 0 Å². The fraction of sp³-hybridized carbons (Fsp3) is 0.417. The van der Waals surface area contributed by atoms with E-state index in [2.05, 4.69) is 4.72 Å². The molecule has 0 heterocycles. The van der Waals surface area contributed by atoms with Crippen molar-refractivity contribution in [2.24, 2.45) is 5.73 Å². The molecule has 0 aliphatic carbocycles. The van der Waals surface area contributed by atoms with Crippen molar-refractivity contribution in [3.8, 4) is 0 Å². The second kappa shape index (κ2) is 7.13. The second-order valence-corrected chi connectivity index (χ2v) is 5.95. The lowest BCUT2D eigenvalue weighted by Crippen LogP contribution is -2.29. The third-order valence-corrected chi connectivity index (χ3v) is 3.88. The fourth-order valence-electron chi connectivity index (χ4n) is 1.50. The van der Waals surface area contributed by atoms with Crippen LogP contribution in [0.25, 0.3) is 0 Å². The Morgan fingerprint density at radius 3 is 2.50 bits per heavy atom. The van der Waals surface area contributed by atoms with E-state index < -0.39 is 15.9 Å². The molecule has 0 saturated heterocycles. The van der Waals surface area contributed by atoms with Crippen LogP contribution in [-0.4, -0.2) is 26.6 Å². The smallest absolute Gasteiger partial charge is 0.217 e. The number of benzene rings is 1. The standard InChI is InChI=1S/C12H18N2O3S/c13-12(15)7-4-10-18(16,17)14-9-8-11-5-2-1-3-6-11/h1-3,5-6,14H,4,7-10H2,(H2,13,15). The molecule has 0 aliphatic heterocycles. The highest BCUT2D eigenvalue weighted by atomic mass is 32.2. The van der Waals surface area contributed by atoms with Crippen molar-refractivity contribution < 1.29 is 13.2 Å². The van der Waals surface area contributed by atoms with Gasteiger partial charge in [-0.05, 0) is 18.4 Å². The van der Waals surface area contributed by atoms with E-state index in [1.807, 2.05) is 30.3 Å². The van der Waals surface area contributed by atoms with E-state index in [0.717, 1.165) is 5.56 Å². The lowest BCUT2D eigenvalue weighted by atomic mass is 10.2. The Morgan fingerprint density at radius 1 is 1.22 bits per heavy atom. The molecule has 0 saturated carbocycles. The fourth-order valence-corrected chi connectivity index (χ4v) is 2.59. The summed E-state index contributed by atoms with van der Waals surface area (Å²) in [6.45, 7) is 0.364. The zero-order valence-electron chi connectivity index (χ0n) is 10.1. The molecule has 1 aromatic carbocycles. The Hall–Kier alpha value is -1.40. The van der Waals surface area contributed by atoms with Crippen LogP contribution < -0.4 is 10.5 Å². The first-order valence-corrected chi connectivity index (χ1v) is 7.44. The summed E-state index contributed by atoms with van der Waals surface area (Å²) >= 11 is 0. The average Bonchev–Trinajstić information content (AvgIpc) is 2.29. The number of sulfonamides is 1. The number of amides is 1. The Bertz CT molecular complexity index is 471. The van der Waals surface area contributed by atoms with Crippen LogP contribution in [0.3, 0.4) is 0 Å². The number of hydrogen-bond acceptors (Lipinski definition) is 3. The first-order chi connectivity index (χ1) is 8.49. The van der Waals surface area contributed by atoms with Gasteiger partial charge in [0, 0.05) is 13.0 Å². The first kappa shape index (κ1) is 14.7.